The largest absolute Gasteiger partial charge is 0.508 e. The highest BCUT2D eigenvalue weighted by molar-refractivity contribution is 5.96. The van der Waals surface area contributed by atoms with Crippen molar-refractivity contribution in [3.63, 3.8) is 0 Å². The minimum absolute atomic E-state index is 0.105. The van der Waals surface area contributed by atoms with Crippen LogP contribution < -0.4 is 32.3 Å². The summed E-state index contributed by atoms with van der Waals surface area (Å²) < 4.78 is 0. The number of rotatable bonds is 22. The summed E-state index contributed by atoms with van der Waals surface area (Å²) in [6, 6.07) is -4.64. The molecule has 21 heteroatoms. The first-order chi connectivity index (χ1) is 23.4. The molecule has 0 heterocycles. The van der Waals surface area contributed by atoms with Crippen molar-refractivity contribution in [2.75, 3.05) is 13.2 Å². The fourth-order valence-electron chi connectivity index (χ4n) is 4.11. The van der Waals surface area contributed by atoms with Crippen molar-refractivity contribution in [1.82, 2.24) is 26.6 Å². The minimum Gasteiger partial charge on any atom is -0.508 e. The number of nitrogens with two attached hydrogens (primary N) is 1. The van der Waals surface area contributed by atoms with Gasteiger partial charge in [-0.15, -0.1) is 0 Å². The van der Waals surface area contributed by atoms with Gasteiger partial charge < -0.3 is 68.1 Å². The van der Waals surface area contributed by atoms with Crippen LogP contribution in [0.2, 0.25) is 0 Å². The van der Waals surface area contributed by atoms with Crippen LogP contribution in [0.3, 0.4) is 0 Å². The maximum Gasteiger partial charge on any atom is 0.328 e. The molecular formula is C29H42N6O15. The zero-order valence-corrected chi connectivity index (χ0v) is 26.8. The number of aromatic hydroxyl groups is 1. The van der Waals surface area contributed by atoms with Gasteiger partial charge in [-0.3, -0.25) is 33.6 Å². The first-order valence-electron chi connectivity index (χ1n) is 15.0. The Bertz CT molecular complexity index is 1370. The summed E-state index contributed by atoms with van der Waals surface area (Å²) in [6.07, 6.45) is -4.10. The van der Waals surface area contributed by atoms with Gasteiger partial charge in [0, 0.05) is 19.3 Å². The van der Waals surface area contributed by atoms with Gasteiger partial charge in [0.2, 0.25) is 29.5 Å². The second-order valence-corrected chi connectivity index (χ2v) is 11.0. The summed E-state index contributed by atoms with van der Waals surface area (Å²) in [4.78, 5) is 98.5. The normalized spacial score (nSPS) is 15.1. The molecular weight excluding hydrogens is 672 g/mol. The molecule has 0 aliphatic carbocycles. The van der Waals surface area contributed by atoms with Crippen LogP contribution >= 0.6 is 0 Å². The molecule has 14 N–H and O–H groups in total. The number of carbonyl (C=O) groups is 8. The molecule has 278 valence electrons. The number of aliphatic hydroxyl groups is 3. The molecule has 50 heavy (non-hydrogen) atoms. The van der Waals surface area contributed by atoms with Crippen LogP contribution in [0.25, 0.3) is 0 Å². The molecule has 0 radical (unpaired) electrons. The van der Waals surface area contributed by atoms with E-state index in [9.17, 15) is 63.9 Å². The predicted molar refractivity (Wildman–Crippen MR) is 167 cm³/mol. The molecule has 0 bridgehead atoms. The van der Waals surface area contributed by atoms with Crippen molar-refractivity contribution in [3.8, 4) is 5.75 Å². The van der Waals surface area contributed by atoms with Crippen molar-refractivity contribution in [1.29, 1.82) is 0 Å². The number of amides is 5. The summed E-state index contributed by atoms with van der Waals surface area (Å²) >= 11 is 0. The summed E-state index contributed by atoms with van der Waals surface area (Å²) in [6.45, 7) is -0.955. The number of phenolic OH excluding ortho intramolecular Hbond substituents is 1. The van der Waals surface area contributed by atoms with Gasteiger partial charge in [-0.2, -0.15) is 0 Å². The number of carboxylic acids is 3. The monoisotopic (exact) mass is 714 g/mol. The lowest BCUT2D eigenvalue weighted by molar-refractivity contribution is -0.144. The van der Waals surface area contributed by atoms with Crippen LogP contribution in [0.1, 0.15) is 38.2 Å². The van der Waals surface area contributed by atoms with E-state index in [0.29, 0.717) is 5.56 Å². The van der Waals surface area contributed by atoms with E-state index < -0.39 is 129 Å². The number of benzene rings is 1. The molecule has 1 rings (SSSR count). The highest BCUT2D eigenvalue weighted by Gasteiger charge is 2.33. The molecule has 0 saturated heterocycles. The molecule has 0 saturated carbocycles. The Balaban J connectivity index is 3.25. The smallest absolute Gasteiger partial charge is 0.328 e. The molecule has 0 fully saturated rings. The van der Waals surface area contributed by atoms with E-state index in [1.54, 1.807) is 0 Å². The van der Waals surface area contributed by atoms with E-state index >= 15 is 0 Å². The number of carboxylic acid groups (broad SMARTS) is 3. The molecule has 0 aromatic heterocycles. The zero-order chi connectivity index (χ0) is 38.1. The minimum atomic E-state index is -1.88. The Morgan fingerprint density at radius 2 is 1.00 bits per heavy atom. The highest BCUT2D eigenvalue weighted by Crippen LogP contribution is 2.12. The van der Waals surface area contributed by atoms with Gasteiger partial charge in [0.1, 0.15) is 42.0 Å². The van der Waals surface area contributed by atoms with Crippen molar-refractivity contribution in [3.05, 3.63) is 29.8 Å². The molecule has 21 nitrogen and oxygen atoms in total. The fraction of sp³-hybridized carbons (Fsp3) is 0.517. The number of aliphatic carboxylic acids is 3. The van der Waals surface area contributed by atoms with Crippen LogP contribution in [0.5, 0.6) is 5.75 Å². The zero-order valence-electron chi connectivity index (χ0n) is 26.8. The molecule has 7 atom stereocenters. The van der Waals surface area contributed by atoms with Crippen molar-refractivity contribution < 1.29 is 74.1 Å². The molecule has 5 amide bonds. The Morgan fingerprint density at radius 3 is 1.40 bits per heavy atom. The van der Waals surface area contributed by atoms with Gasteiger partial charge >= 0.3 is 17.9 Å². The van der Waals surface area contributed by atoms with E-state index in [0.717, 1.165) is 0 Å². The quantitative estimate of drug-likeness (QED) is 0.0534. The van der Waals surface area contributed by atoms with Crippen LogP contribution in [0, 0.1) is 0 Å². The van der Waals surface area contributed by atoms with Gasteiger partial charge in [-0.25, -0.2) is 4.79 Å². The van der Waals surface area contributed by atoms with Crippen molar-refractivity contribution >= 4 is 47.4 Å². The van der Waals surface area contributed by atoms with Crippen LogP contribution in [-0.4, -0.2) is 139 Å². The van der Waals surface area contributed by atoms with E-state index in [-0.39, 0.29) is 12.2 Å². The average Bonchev–Trinajstić information content (AvgIpc) is 3.05. The van der Waals surface area contributed by atoms with Crippen molar-refractivity contribution in [2.45, 2.75) is 81.4 Å². The van der Waals surface area contributed by atoms with Crippen molar-refractivity contribution in [2.24, 2.45) is 5.73 Å². The van der Waals surface area contributed by atoms with E-state index in [4.69, 9.17) is 15.9 Å². The fourth-order valence-corrected chi connectivity index (χ4v) is 4.11. The third-order valence-electron chi connectivity index (χ3n) is 7.00. The maximum absolute atomic E-state index is 13.4. The predicted octanol–water partition coefficient (Wildman–Crippen LogP) is -5.13. The molecule has 0 unspecified atom stereocenters. The SMILES string of the molecule is C[C@@H](O)[C@H](N)C(=O)N[C@@H](Cc1ccc(O)cc1)C(=O)N[C@@H](CCC(=O)O)C(=O)N[C@@H](CO)C(=O)N[C@@H](CCC(=O)O)C(=O)N[C@@H](CO)C(=O)O. The summed E-state index contributed by atoms with van der Waals surface area (Å²) in [7, 11) is 0. The summed E-state index contributed by atoms with van der Waals surface area (Å²) in [5.74, 6) is -10.2. The lowest BCUT2D eigenvalue weighted by Crippen LogP contribution is -2.60. The Kier molecular flexibility index (Phi) is 17.8. The van der Waals surface area contributed by atoms with Gasteiger partial charge in [0.05, 0.1) is 19.3 Å². The number of hydrogen-bond donors (Lipinski definition) is 13. The molecule has 0 aliphatic heterocycles. The molecule has 1 aromatic carbocycles. The third-order valence-corrected chi connectivity index (χ3v) is 7.00. The number of phenols is 1. The second kappa shape index (κ2) is 20.9. The van der Waals surface area contributed by atoms with E-state index in [2.05, 4.69) is 21.3 Å². The Morgan fingerprint density at radius 1 is 0.620 bits per heavy atom. The van der Waals surface area contributed by atoms with Gasteiger partial charge in [0.25, 0.3) is 0 Å². The number of aliphatic hydroxyl groups excluding tert-OH is 3. The molecule has 0 spiro atoms. The average molecular weight is 715 g/mol. The lowest BCUT2D eigenvalue weighted by atomic mass is 10.0. The first-order valence-corrected chi connectivity index (χ1v) is 15.0. The third kappa shape index (κ3) is 14.8. The number of carbonyl (C=O) groups excluding carboxylic acids is 5. The maximum atomic E-state index is 13.4. The van der Waals surface area contributed by atoms with Gasteiger partial charge in [-0.05, 0) is 37.5 Å². The molecule has 1 aromatic rings. The second-order valence-electron chi connectivity index (χ2n) is 11.0. The molecule has 0 aliphatic rings. The Hall–Kier alpha value is -5.38. The first kappa shape index (κ1) is 42.6. The van der Waals surface area contributed by atoms with E-state index in [1.165, 1.54) is 31.2 Å². The topological polar surface area (TPSA) is 364 Å². The Labute approximate surface area is 284 Å². The standard InChI is InChI=1S/C29H42N6O15/c1-13(38)23(30)28(48)33-18(10-14-2-4-15(39)5-3-14)26(46)31-16(6-8-21(40)41)24(44)34-19(11-36)27(47)32-17(7-9-22(42)43)25(45)35-20(12-37)29(49)50/h2-5,13,16-20,23,36-39H,6-12,30H2,1H3,(H,31,46)(H,32,47)(H,33,48)(H,34,44)(H,35,45)(H,40,41)(H,42,43)(H,49,50)/t13-,16+,17+,18+,19+,20+,23+/m1/s1. The van der Waals surface area contributed by atoms with Gasteiger partial charge in [0.15, 0.2) is 0 Å². The summed E-state index contributed by atoms with van der Waals surface area (Å²) in [5, 5.41) is 76.3. The number of nitrogens with one attached hydrogen (secondary N) is 5. The van der Waals surface area contributed by atoms with Gasteiger partial charge in [-0.1, -0.05) is 12.1 Å². The van der Waals surface area contributed by atoms with E-state index in [1.807, 2.05) is 5.32 Å². The summed E-state index contributed by atoms with van der Waals surface area (Å²) in [5.41, 5.74) is 6.08. The van der Waals surface area contributed by atoms with Crippen LogP contribution in [-0.2, 0) is 44.8 Å². The lowest BCUT2D eigenvalue weighted by Gasteiger charge is -2.26. The van der Waals surface area contributed by atoms with Crippen LogP contribution in [0.4, 0.5) is 0 Å². The highest BCUT2D eigenvalue weighted by atomic mass is 16.4. The number of hydrogen-bond acceptors (Lipinski definition) is 13. The van der Waals surface area contributed by atoms with Crippen LogP contribution in [0.15, 0.2) is 24.3 Å².